The van der Waals surface area contributed by atoms with Crippen LogP contribution in [0.15, 0.2) is 97.2 Å². The smallest absolute Gasteiger partial charge is 0.221 e. The van der Waals surface area contributed by atoms with Gasteiger partial charge in [0, 0.05) is 37.8 Å². The molecule has 41 heavy (non-hydrogen) atoms. The first-order valence-corrected chi connectivity index (χ1v) is 14.8. The summed E-state index contributed by atoms with van der Waals surface area (Å²) in [5.74, 6) is 2.18. The number of hydrogen-bond acceptors (Lipinski definition) is 7. The zero-order valence-electron chi connectivity index (χ0n) is 22.9. The molecule has 0 atom stereocenters. The van der Waals surface area contributed by atoms with E-state index in [-0.39, 0.29) is 13.1 Å². The van der Waals surface area contributed by atoms with Gasteiger partial charge in [-0.15, -0.1) is 5.10 Å². The number of rotatable bonds is 10. The molecule has 10 heteroatoms. The van der Waals surface area contributed by atoms with Crippen LogP contribution in [0.4, 0.5) is 5.82 Å². The molecule has 210 valence electrons. The molecule has 1 fully saturated rings. The third-order valence-corrected chi connectivity index (χ3v) is 9.48. The largest absolute Gasteiger partial charge is 0.497 e. The average molecular weight is 570 g/mol. The Balaban J connectivity index is 1.20. The number of pyridine rings is 1. The molecule has 0 amide bonds. The van der Waals surface area contributed by atoms with Crippen molar-refractivity contribution in [3.8, 4) is 17.2 Å². The fourth-order valence-corrected chi connectivity index (χ4v) is 6.73. The number of para-hydroxylation sites is 1. The Kier molecular flexibility index (Phi) is 7.34. The van der Waals surface area contributed by atoms with E-state index in [1.54, 1.807) is 23.2 Å². The maximum absolute atomic E-state index is 13.9. The second-order valence-corrected chi connectivity index (χ2v) is 12.2. The molecule has 3 aromatic carbocycles. The van der Waals surface area contributed by atoms with Crippen LogP contribution in [0.1, 0.15) is 11.1 Å². The summed E-state index contributed by atoms with van der Waals surface area (Å²) >= 11 is 0. The molecule has 3 heterocycles. The molecular formula is C31H31N5O4S. The predicted molar refractivity (Wildman–Crippen MR) is 159 cm³/mol. The highest BCUT2D eigenvalue weighted by Gasteiger charge is 2.41. The first-order chi connectivity index (χ1) is 19.9. The van der Waals surface area contributed by atoms with Crippen molar-refractivity contribution in [2.45, 2.75) is 18.3 Å². The molecule has 0 spiro atoms. The molecule has 5 aromatic rings. The number of sulfonamides is 1. The fourth-order valence-electron chi connectivity index (χ4n) is 4.91. The lowest BCUT2D eigenvalue weighted by atomic mass is 10.2. The van der Waals surface area contributed by atoms with Gasteiger partial charge in [-0.05, 0) is 59.7 Å². The number of nitrogens with zero attached hydrogens (tertiary/aromatic N) is 5. The summed E-state index contributed by atoms with van der Waals surface area (Å²) in [5.41, 5.74) is 3.36. The highest BCUT2D eigenvalue weighted by atomic mass is 32.2. The van der Waals surface area contributed by atoms with Crippen LogP contribution in [-0.2, 0) is 23.1 Å². The van der Waals surface area contributed by atoms with E-state index in [4.69, 9.17) is 14.5 Å². The van der Waals surface area contributed by atoms with Gasteiger partial charge < -0.3 is 14.4 Å². The van der Waals surface area contributed by atoms with Crippen molar-refractivity contribution in [2.75, 3.05) is 32.2 Å². The van der Waals surface area contributed by atoms with Crippen molar-refractivity contribution < 1.29 is 17.9 Å². The number of ether oxygens (including phenoxy) is 2. The van der Waals surface area contributed by atoms with Crippen molar-refractivity contribution in [2.24, 2.45) is 0 Å². The minimum Gasteiger partial charge on any atom is -0.497 e. The third-order valence-electron chi connectivity index (χ3n) is 7.36. The summed E-state index contributed by atoms with van der Waals surface area (Å²) in [6, 6.07) is 28.8. The molecule has 0 N–H and O–H groups in total. The molecule has 0 radical (unpaired) electrons. The Morgan fingerprint density at radius 1 is 0.805 bits per heavy atom. The van der Waals surface area contributed by atoms with Crippen LogP contribution in [0.2, 0.25) is 0 Å². The Bertz CT molecular complexity index is 1680. The first-order valence-electron chi connectivity index (χ1n) is 13.3. The molecular weight excluding hydrogens is 538 g/mol. The lowest BCUT2D eigenvalue weighted by molar-refractivity contribution is 0.383. The quantitative estimate of drug-likeness (QED) is 0.242. The van der Waals surface area contributed by atoms with Crippen molar-refractivity contribution in [3.63, 3.8) is 0 Å². The number of anilines is 1. The van der Waals surface area contributed by atoms with E-state index in [1.807, 2.05) is 102 Å². The van der Waals surface area contributed by atoms with Crippen molar-refractivity contribution >= 4 is 26.9 Å². The Morgan fingerprint density at radius 3 is 1.95 bits per heavy atom. The topological polar surface area (TPSA) is 89.8 Å². The van der Waals surface area contributed by atoms with Crippen LogP contribution in [0, 0.1) is 0 Å². The van der Waals surface area contributed by atoms with Crippen molar-refractivity contribution in [1.82, 2.24) is 19.1 Å². The average Bonchev–Trinajstić information content (AvgIpc) is 3.41. The maximum Gasteiger partial charge on any atom is 0.221 e. The highest BCUT2D eigenvalue weighted by Crippen LogP contribution is 2.29. The zero-order chi connectivity index (χ0) is 28.4. The minimum atomic E-state index is -3.63. The molecule has 1 aliphatic rings. The summed E-state index contributed by atoms with van der Waals surface area (Å²) in [5, 5.41) is 5.01. The maximum atomic E-state index is 13.9. The van der Waals surface area contributed by atoms with E-state index >= 15 is 0 Å². The standard InChI is InChI=1S/C31H31N5O4S/c1-39-27-13-8-23(9-14-27)18-35(19-24-10-15-28(40-2)16-11-24)41(37,38)29-21-34(22-29)30-17-12-25-20-36(33-31(25)32-30)26-6-4-3-5-7-26/h3-17,20,29H,18-19,21-22H2,1-2H3. The van der Waals surface area contributed by atoms with Crippen LogP contribution in [-0.4, -0.2) is 60.0 Å². The summed E-state index contributed by atoms with van der Waals surface area (Å²) in [6.07, 6.45) is 1.95. The second-order valence-electron chi connectivity index (χ2n) is 10.0. The van der Waals surface area contributed by atoms with E-state index in [0.29, 0.717) is 18.7 Å². The van der Waals surface area contributed by atoms with Crippen LogP contribution >= 0.6 is 0 Å². The van der Waals surface area contributed by atoms with Gasteiger partial charge in [-0.2, -0.15) is 4.31 Å². The van der Waals surface area contributed by atoms with Crippen LogP contribution in [0.3, 0.4) is 0 Å². The van der Waals surface area contributed by atoms with Gasteiger partial charge in [0.1, 0.15) is 22.6 Å². The van der Waals surface area contributed by atoms with Crippen LogP contribution < -0.4 is 14.4 Å². The molecule has 9 nitrogen and oxygen atoms in total. The SMILES string of the molecule is COc1ccc(CN(Cc2ccc(OC)cc2)S(=O)(=O)C2CN(c3ccc4cn(-c5ccccc5)nc4n3)C2)cc1. The molecule has 2 aromatic heterocycles. The van der Waals surface area contributed by atoms with Gasteiger partial charge in [-0.3, -0.25) is 0 Å². The number of aromatic nitrogens is 3. The normalized spacial score (nSPS) is 13.9. The van der Waals surface area contributed by atoms with Crippen molar-refractivity contribution in [1.29, 1.82) is 0 Å². The van der Waals surface area contributed by atoms with E-state index in [9.17, 15) is 8.42 Å². The monoisotopic (exact) mass is 569 g/mol. The Morgan fingerprint density at radius 2 is 1.39 bits per heavy atom. The molecule has 0 bridgehead atoms. The number of methoxy groups -OCH3 is 2. The fraction of sp³-hybridized carbons (Fsp3) is 0.226. The molecule has 1 aliphatic heterocycles. The van der Waals surface area contributed by atoms with E-state index in [2.05, 4.69) is 5.10 Å². The predicted octanol–water partition coefficient (Wildman–Crippen LogP) is 4.66. The van der Waals surface area contributed by atoms with Crippen molar-refractivity contribution in [3.05, 3.63) is 108 Å². The molecule has 6 rings (SSSR count). The number of hydrogen-bond donors (Lipinski definition) is 0. The third kappa shape index (κ3) is 5.61. The molecule has 0 unspecified atom stereocenters. The summed E-state index contributed by atoms with van der Waals surface area (Å²) < 4.78 is 41.8. The minimum absolute atomic E-state index is 0.260. The number of benzene rings is 3. The van der Waals surface area contributed by atoms with Gasteiger partial charge in [0.05, 0.1) is 19.9 Å². The summed E-state index contributed by atoms with van der Waals surface area (Å²) in [7, 11) is -0.405. The molecule has 0 saturated carbocycles. The van der Waals surface area contributed by atoms with Crippen LogP contribution in [0.5, 0.6) is 11.5 Å². The molecule has 0 aliphatic carbocycles. The first kappa shape index (κ1) is 26.8. The van der Waals surface area contributed by atoms with Gasteiger partial charge in [-0.1, -0.05) is 42.5 Å². The Hall–Kier alpha value is -4.41. The Labute approximate surface area is 239 Å². The number of fused-ring (bicyclic) bond motifs is 1. The van der Waals surface area contributed by atoms with Gasteiger partial charge in [0.15, 0.2) is 5.65 Å². The highest BCUT2D eigenvalue weighted by molar-refractivity contribution is 7.89. The van der Waals surface area contributed by atoms with E-state index in [1.165, 1.54) is 0 Å². The summed E-state index contributed by atoms with van der Waals surface area (Å²) in [6.45, 7) is 1.25. The van der Waals surface area contributed by atoms with Gasteiger partial charge in [0.25, 0.3) is 0 Å². The van der Waals surface area contributed by atoms with Gasteiger partial charge >= 0.3 is 0 Å². The lowest BCUT2D eigenvalue weighted by Crippen LogP contribution is -2.58. The second kappa shape index (κ2) is 11.2. The van der Waals surface area contributed by atoms with Crippen LogP contribution in [0.25, 0.3) is 16.7 Å². The zero-order valence-corrected chi connectivity index (χ0v) is 23.7. The van der Waals surface area contributed by atoms with E-state index in [0.717, 1.165) is 39.5 Å². The van der Waals surface area contributed by atoms with E-state index < -0.39 is 15.3 Å². The van der Waals surface area contributed by atoms with Gasteiger partial charge in [0.2, 0.25) is 10.0 Å². The van der Waals surface area contributed by atoms with Gasteiger partial charge in [-0.25, -0.2) is 18.1 Å². The summed E-state index contributed by atoms with van der Waals surface area (Å²) in [4.78, 5) is 6.72. The lowest BCUT2D eigenvalue weighted by Gasteiger charge is -2.41. The molecule has 1 saturated heterocycles.